The van der Waals surface area contributed by atoms with Crippen molar-refractivity contribution >= 4 is 15.9 Å². The third kappa shape index (κ3) is 4.97. The second-order valence-electron chi connectivity index (χ2n) is 3.80. The molecule has 0 unspecified atom stereocenters. The lowest BCUT2D eigenvalue weighted by atomic mass is 10.2. The normalized spacial score (nSPS) is 11.6. The quantitative estimate of drug-likeness (QED) is 0.796. The Morgan fingerprint density at radius 2 is 1.88 bits per heavy atom. The van der Waals surface area contributed by atoms with E-state index < -0.39 is 15.9 Å². The molecule has 0 radical (unpaired) electrons. The number of carbonyl (C=O) groups is 1. The molecule has 0 bridgehead atoms. The van der Waals surface area contributed by atoms with Crippen LogP contribution in [0.15, 0.2) is 30.3 Å². The molecule has 0 atom stereocenters. The van der Waals surface area contributed by atoms with Crippen LogP contribution in [0.2, 0.25) is 0 Å². The van der Waals surface area contributed by atoms with Crippen LogP contribution in [0, 0.1) is 0 Å². The number of hydrogen-bond donors (Lipinski definition) is 1. The molecule has 0 saturated carbocycles. The van der Waals surface area contributed by atoms with E-state index in [1.807, 2.05) is 30.3 Å². The summed E-state index contributed by atoms with van der Waals surface area (Å²) in [7, 11) is -3.33. The van der Waals surface area contributed by atoms with Crippen molar-refractivity contribution < 1.29 is 13.2 Å². The number of hydrogen-bond acceptors (Lipinski definition) is 3. The smallest absolute Gasteiger partial charge is 0.218 e. The summed E-state index contributed by atoms with van der Waals surface area (Å²) in [6.45, 7) is 0.371. The summed E-state index contributed by atoms with van der Waals surface area (Å²) in [5.74, 6) is -0.508. The molecule has 94 valence electrons. The topological polar surface area (TPSA) is 80.5 Å². The van der Waals surface area contributed by atoms with Crippen LogP contribution in [-0.4, -0.2) is 31.4 Å². The van der Waals surface area contributed by atoms with Gasteiger partial charge in [0.15, 0.2) is 0 Å². The Hall–Kier alpha value is -1.40. The maximum atomic E-state index is 11.5. The molecular formula is C11H16N2O3S. The molecule has 0 aliphatic heterocycles. The first-order valence-corrected chi connectivity index (χ1v) is 7.02. The first kappa shape index (κ1) is 13.7. The van der Waals surface area contributed by atoms with E-state index in [9.17, 15) is 13.2 Å². The summed E-state index contributed by atoms with van der Waals surface area (Å²) in [5.41, 5.74) is 5.89. The predicted molar refractivity (Wildman–Crippen MR) is 65.5 cm³/mol. The van der Waals surface area contributed by atoms with E-state index in [0.29, 0.717) is 0 Å². The fourth-order valence-electron chi connectivity index (χ4n) is 1.38. The number of nitrogens with zero attached hydrogens (tertiary/aromatic N) is 1. The summed E-state index contributed by atoms with van der Waals surface area (Å²) in [6.07, 6.45) is 1.15. The molecule has 0 spiro atoms. The summed E-state index contributed by atoms with van der Waals surface area (Å²) in [6, 6.07) is 9.20. The maximum absolute atomic E-state index is 11.5. The van der Waals surface area contributed by atoms with Crippen LogP contribution in [0.25, 0.3) is 0 Å². The first-order valence-electron chi connectivity index (χ1n) is 5.17. The number of rotatable bonds is 6. The van der Waals surface area contributed by atoms with Crippen molar-refractivity contribution in [3.63, 3.8) is 0 Å². The monoisotopic (exact) mass is 256 g/mol. The fourth-order valence-corrected chi connectivity index (χ4v) is 2.19. The van der Waals surface area contributed by atoms with Gasteiger partial charge in [0, 0.05) is 19.5 Å². The van der Waals surface area contributed by atoms with E-state index in [2.05, 4.69) is 0 Å². The molecule has 0 aliphatic rings. The number of benzene rings is 1. The zero-order chi connectivity index (χ0) is 12.9. The molecule has 0 aromatic heterocycles. The van der Waals surface area contributed by atoms with Crippen LogP contribution < -0.4 is 5.73 Å². The van der Waals surface area contributed by atoms with Gasteiger partial charge >= 0.3 is 0 Å². The lowest BCUT2D eigenvalue weighted by molar-refractivity contribution is -0.118. The molecule has 5 nitrogen and oxygen atoms in total. The van der Waals surface area contributed by atoms with Gasteiger partial charge in [-0.15, -0.1) is 0 Å². The Morgan fingerprint density at radius 1 is 1.29 bits per heavy atom. The summed E-state index contributed by atoms with van der Waals surface area (Å²) >= 11 is 0. The van der Waals surface area contributed by atoms with Crippen LogP contribution in [0.5, 0.6) is 0 Å². The minimum absolute atomic E-state index is 0.0277. The van der Waals surface area contributed by atoms with Crippen molar-refractivity contribution in [3.8, 4) is 0 Å². The molecule has 0 fully saturated rings. The van der Waals surface area contributed by atoms with Crippen LogP contribution >= 0.6 is 0 Å². The summed E-state index contributed by atoms with van der Waals surface area (Å²) in [4.78, 5) is 10.7. The van der Waals surface area contributed by atoms with Crippen molar-refractivity contribution in [2.24, 2.45) is 5.73 Å². The molecular weight excluding hydrogens is 240 g/mol. The molecule has 1 aromatic rings. The van der Waals surface area contributed by atoms with Gasteiger partial charge in [0.05, 0.1) is 6.26 Å². The number of primary amides is 1. The van der Waals surface area contributed by atoms with Gasteiger partial charge in [-0.1, -0.05) is 30.3 Å². The minimum Gasteiger partial charge on any atom is -0.370 e. The van der Waals surface area contributed by atoms with Gasteiger partial charge in [-0.25, -0.2) is 8.42 Å². The van der Waals surface area contributed by atoms with Crippen LogP contribution in [0.1, 0.15) is 12.0 Å². The average Bonchev–Trinajstić information content (AvgIpc) is 2.23. The third-order valence-corrected chi connectivity index (χ3v) is 3.53. The van der Waals surface area contributed by atoms with Gasteiger partial charge in [0.1, 0.15) is 0 Å². The molecule has 1 rings (SSSR count). The van der Waals surface area contributed by atoms with Gasteiger partial charge in [-0.05, 0) is 5.56 Å². The molecule has 0 aliphatic carbocycles. The lowest BCUT2D eigenvalue weighted by Crippen LogP contribution is -2.32. The van der Waals surface area contributed by atoms with E-state index in [-0.39, 0.29) is 19.5 Å². The van der Waals surface area contributed by atoms with Gasteiger partial charge in [-0.3, -0.25) is 4.79 Å². The third-order valence-electron chi connectivity index (χ3n) is 2.28. The second-order valence-corrected chi connectivity index (χ2v) is 5.78. The van der Waals surface area contributed by atoms with Gasteiger partial charge in [0.2, 0.25) is 15.9 Å². The van der Waals surface area contributed by atoms with Crippen LogP contribution in [0.4, 0.5) is 0 Å². The maximum Gasteiger partial charge on any atom is 0.218 e. The Morgan fingerprint density at radius 3 is 2.35 bits per heavy atom. The highest BCUT2D eigenvalue weighted by Gasteiger charge is 2.17. The number of sulfonamides is 1. The summed E-state index contributed by atoms with van der Waals surface area (Å²) in [5, 5.41) is 0. The van der Waals surface area contributed by atoms with Crippen molar-refractivity contribution in [2.75, 3.05) is 12.8 Å². The Labute approximate surface area is 101 Å². The number of amides is 1. The first-order chi connectivity index (χ1) is 7.89. The van der Waals surface area contributed by atoms with E-state index in [1.54, 1.807) is 0 Å². The largest absolute Gasteiger partial charge is 0.370 e. The standard InChI is InChI=1S/C11H16N2O3S/c1-17(15,16)13(8-7-11(12)14)9-10-5-3-2-4-6-10/h2-6H,7-9H2,1H3,(H2,12,14). The number of nitrogens with two attached hydrogens (primary N) is 1. The van der Waals surface area contributed by atoms with E-state index in [1.165, 1.54) is 4.31 Å². The SMILES string of the molecule is CS(=O)(=O)N(CCC(N)=O)Cc1ccccc1. The molecule has 2 N–H and O–H groups in total. The molecule has 0 heterocycles. The van der Waals surface area contributed by atoms with Gasteiger partial charge < -0.3 is 5.73 Å². The molecule has 17 heavy (non-hydrogen) atoms. The highest BCUT2D eigenvalue weighted by atomic mass is 32.2. The highest BCUT2D eigenvalue weighted by molar-refractivity contribution is 7.88. The zero-order valence-corrected chi connectivity index (χ0v) is 10.5. The van der Waals surface area contributed by atoms with Gasteiger partial charge in [-0.2, -0.15) is 4.31 Å². The molecule has 1 amide bonds. The molecule has 1 aromatic carbocycles. The Bertz CT molecular complexity index is 471. The van der Waals surface area contributed by atoms with E-state index in [4.69, 9.17) is 5.73 Å². The Kier molecular flexibility index (Phi) is 4.65. The van der Waals surface area contributed by atoms with Crippen molar-refractivity contribution in [1.82, 2.24) is 4.31 Å². The molecule has 0 saturated heterocycles. The lowest BCUT2D eigenvalue weighted by Gasteiger charge is -2.19. The molecule has 6 heteroatoms. The van der Waals surface area contributed by atoms with Crippen molar-refractivity contribution in [3.05, 3.63) is 35.9 Å². The predicted octanol–water partition coefficient (Wildman–Crippen LogP) is 0.324. The van der Waals surface area contributed by atoms with E-state index in [0.717, 1.165) is 11.8 Å². The zero-order valence-electron chi connectivity index (χ0n) is 9.67. The fraction of sp³-hybridized carbons (Fsp3) is 0.364. The van der Waals surface area contributed by atoms with Crippen molar-refractivity contribution in [2.45, 2.75) is 13.0 Å². The minimum atomic E-state index is -3.33. The van der Waals surface area contributed by atoms with Gasteiger partial charge in [0.25, 0.3) is 0 Å². The van der Waals surface area contributed by atoms with Crippen molar-refractivity contribution in [1.29, 1.82) is 0 Å². The average molecular weight is 256 g/mol. The van der Waals surface area contributed by atoms with Crippen LogP contribution in [0.3, 0.4) is 0 Å². The Balaban J connectivity index is 2.75. The van der Waals surface area contributed by atoms with Crippen LogP contribution in [-0.2, 0) is 21.4 Å². The number of carbonyl (C=O) groups excluding carboxylic acids is 1. The highest BCUT2D eigenvalue weighted by Crippen LogP contribution is 2.08. The second kappa shape index (κ2) is 5.79. The van der Waals surface area contributed by atoms with E-state index >= 15 is 0 Å². The summed E-state index contributed by atoms with van der Waals surface area (Å²) < 4.78 is 24.3.